The van der Waals surface area contributed by atoms with Crippen LogP contribution in [0.2, 0.25) is 0 Å². The SMILES string of the molecule is CCOc1ccc(C(=O)Nc2ccc(C(C)(C)C(=O)O)cc2)cc1[N+](=O)[O-]. The Morgan fingerprint density at radius 3 is 2.33 bits per heavy atom. The van der Waals surface area contributed by atoms with Gasteiger partial charge in [0.2, 0.25) is 0 Å². The largest absolute Gasteiger partial charge is 0.487 e. The van der Waals surface area contributed by atoms with Crippen molar-refractivity contribution < 1.29 is 24.4 Å². The van der Waals surface area contributed by atoms with Crippen molar-refractivity contribution in [1.82, 2.24) is 0 Å². The average molecular weight is 372 g/mol. The lowest BCUT2D eigenvalue weighted by Gasteiger charge is -2.19. The molecule has 2 aromatic rings. The highest BCUT2D eigenvalue weighted by atomic mass is 16.6. The molecule has 2 N–H and O–H groups in total. The number of ether oxygens (including phenoxy) is 1. The standard InChI is InChI=1S/C19H20N2O6/c1-4-27-16-10-5-12(11-15(16)21(25)26)17(22)20-14-8-6-13(7-9-14)19(2,3)18(23)24/h5-11H,4H2,1-3H3,(H,20,22)(H,23,24). The lowest BCUT2D eigenvalue weighted by Crippen LogP contribution is -2.28. The van der Waals surface area contributed by atoms with E-state index in [0.29, 0.717) is 11.3 Å². The molecule has 0 saturated carbocycles. The highest BCUT2D eigenvalue weighted by molar-refractivity contribution is 6.04. The maximum absolute atomic E-state index is 12.4. The van der Waals surface area contributed by atoms with Crippen LogP contribution in [0, 0.1) is 10.1 Å². The fourth-order valence-electron chi connectivity index (χ4n) is 2.38. The van der Waals surface area contributed by atoms with E-state index in [-0.39, 0.29) is 23.6 Å². The molecule has 0 aromatic heterocycles. The Kier molecular flexibility index (Phi) is 5.79. The number of nitrogens with one attached hydrogen (secondary N) is 1. The van der Waals surface area contributed by atoms with E-state index in [1.165, 1.54) is 12.1 Å². The fourth-order valence-corrected chi connectivity index (χ4v) is 2.38. The molecular formula is C19H20N2O6. The second-order valence-corrected chi connectivity index (χ2v) is 6.33. The zero-order chi connectivity index (χ0) is 20.2. The summed E-state index contributed by atoms with van der Waals surface area (Å²) in [5.74, 6) is -1.38. The number of amides is 1. The minimum atomic E-state index is -1.06. The van der Waals surface area contributed by atoms with Crippen molar-refractivity contribution in [3.63, 3.8) is 0 Å². The van der Waals surface area contributed by atoms with Crippen molar-refractivity contribution in [2.24, 2.45) is 0 Å². The number of carboxylic acid groups (broad SMARTS) is 1. The Labute approximate surface area is 155 Å². The van der Waals surface area contributed by atoms with Gasteiger partial charge in [-0.15, -0.1) is 0 Å². The molecule has 2 rings (SSSR count). The zero-order valence-electron chi connectivity index (χ0n) is 15.2. The van der Waals surface area contributed by atoms with Gasteiger partial charge in [-0.05, 0) is 50.6 Å². The van der Waals surface area contributed by atoms with Gasteiger partial charge >= 0.3 is 11.7 Å². The zero-order valence-corrected chi connectivity index (χ0v) is 15.2. The molecule has 2 aromatic carbocycles. The summed E-state index contributed by atoms with van der Waals surface area (Å²) in [4.78, 5) is 34.2. The van der Waals surface area contributed by atoms with Crippen molar-refractivity contribution in [3.05, 3.63) is 63.7 Å². The lowest BCUT2D eigenvalue weighted by molar-refractivity contribution is -0.385. The van der Waals surface area contributed by atoms with E-state index in [2.05, 4.69) is 5.32 Å². The van der Waals surface area contributed by atoms with Crippen molar-refractivity contribution in [1.29, 1.82) is 0 Å². The van der Waals surface area contributed by atoms with Gasteiger partial charge in [0.1, 0.15) is 0 Å². The summed E-state index contributed by atoms with van der Waals surface area (Å²) in [5, 5.41) is 23.1. The molecule has 8 heteroatoms. The molecular weight excluding hydrogens is 352 g/mol. The van der Waals surface area contributed by atoms with Gasteiger partial charge in [-0.3, -0.25) is 19.7 Å². The highest BCUT2D eigenvalue weighted by Gasteiger charge is 2.29. The minimum Gasteiger partial charge on any atom is -0.487 e. The Morgan fingerprint density at radius 1 is 1.19 bits per heavy atom. The maximum Gasteiger partial charge on any atom is 0.313 e. The first kappa shape index (κ1) is 19.9. The molecule has 1 amide bonds. The quantitative estimate of drug-likeness (QED) is 0.566. The van der Waals surface area contributed by atoms with E-state index in [1.807, 2.05) is 0 Å². The first-order valence-corrected chi connectivity index (χ1v) is 8.23. The smallest absolute Gasteiger partial charge is 0.313 e. The second kappa shape index (κ2) is 7.86. The number of aliphatic carboxylic acids is 1. The van der Waals surface area contributed by atoms with Crippen LogP contribution in [0.3, 0.4) is 0 Å². The molecule has 142 valence electrons. The van der Waals surface area contributed by atoms with E-state index in [0.717, 1.165) is 6.07 Å². The number of hydrogen-bond donors (Lipinski definition) is 2. The summed E-state index contributed by atoms with van der Waals surface area (Å²) < 4.78 is 5.19. The van der Waals surface area contributed by atoms with Gasteiger partial charge in [0.25, 0.3) is 5.91 Å². The number of carbonyl (C=O) groups is 2. The first-order chi connectivity index (χ1) is 12.7. The highest BCUT2D eigenvalue weighted by Crippen LogP contribution is 2.29. The van der Waals surface area contributed by atoms with Gasteiger partial charge in [0.15, 0.2) is 5.75 Å². The van der Waals surface area contributed by atoms with Gasteiger partial charge in [-0.1, -0.05) is 12.1 Å². The number of carboxylic acids is 1. The van der Waals surface area contributed by atoms with Crippen molar-refractivity contribution in [3.8, 4) is 5.75 Å². The fraction of sp³-hybridized carbons (Fsp3) is 0.263. The predicted octanol–water partition coefficient (Wildman–Crippen LogP) is 3.61. The van der Waals surface area contributed by atoms with Crippen LogP contribution in [0.1, 0.15) is 36.7 Å². The summed E-state index contributed by atoms with van der Waals surface area (Å²) in [6, 6.07) is 10.4. The summed E-state index contributed by atoms with van der Waals surface area (Å²) in [5.41, 5.74) is -0.201. The number of hydrogen-bond acceptors (Lipinski definition) is 5. The molecule has 8 nitrogen and oxygen atoms in total. The number of nitro benzene ring substituents is 1. The number of rotatable bonds is 7. The molecule has 0 aliphatic heterocycles. The molecule has 0 aliphatic rings. The molecule has 0 spiro atoms. The number of carbonyl (C=O) groups excluding carboxylic acids is 1. The molecule has 0 heterocycles. The van der Waals surface area contributed by atoms with E-state index < -0.39 is 22.2 Å². The van der Waals surface area contributed by atoms with Crippen LogP contribution in [-0.4, -0.2) is 28.5 Å². The van der Waals surface area contributed by atoms with Crippen LogP contribution < -0.4 is 10.1 Å². The van der Waals surface area contributed by atoms with Crippen molar-refractivity contribution in [2.75, 3.05) is 11.9 Å². The number of nitrogens with zero attached hydrogens (tertiary/aromatic N) is 1. The van der Waals surface area contributed by atoms with E-state index in [4.69, 9.17) is 4.74 Å². The summed E-state index contributed by atoms with van der Waals surface area (Å²) in [6.07, 6.45) is 0. The van der Waals surface area contributed by atoms with Gasteiger partial charge in [0.05, 0.1) is 16.9 Å². The topological polar surface area (TPSA) is 119 Å². The van der Waals surface area contributed by atoms with Crippen LogP contribution in [0.25, 0.3) is 0 Å². The third kappa shape index (κ3) is 4.41. The van der Waals surface area contributed by atoms with E-state index in [9.17, 15) is 24.8 Å². The van der Waals surface area contributed by atoms with Gasteiger partial charge in [-0.25, -0.2) is 0 Å². The normalized spacial score (nSPS) is 10.9. The van der Waals surface area contributed by atoms with Crippen LogP contribution in [0.15, 0.2) is 42.5 Å². The Bertz CT molecular complexity index is 874. The monoisotopic (exact) mass is 372 g/mol. The molecule has 0 fully saturated rings. The van der Waals surface area contributed by atoms with Crippen molar-refractivity contribution in [2.45, 2.75) is 26.2 Å². The van der Waals surface area contributed by atoms with Gasteiger partial charge < -0.3 is 15.2 Å². The molecule has 0 radical (unpaired) electrons. The minimum absolute atomic E-state index is 0.0966. The molecule has 27 heavy (non-hydrogen) atoms. The van der Waals surface area contributed by atoms with E-state index >= 15 is 0 Å². The maximum atomic E-state index is 12.4. The van der Waals surface area contributed by atoms with Crippen LogP contribution in [0.4, 0.5) is 11.4 Å². The Morgan fingerprint density at radius 2 is 1.81 bits per heavy atom. The van der Waals surface area contributed by atoms with Gasteiger partial charge in [-0.2, -0.15) is 0 Å². The average Bonchev–Trinajstić information content (AvgIpc) is 2.62. The molecule has 0 atom stereocenters. The van der Waals surface area contributed by atoms with Crippen LogP contribution in [-0.2, 0) is 10.2 Å². The summed E-state index contributed by atoms with van der Waals surface area (Å²) in [7, 11) is 0. The van der Waals surface area contributed by atoms with Crippen LogP contribution in [0.5, 0.6) is 5.75 Å². The first-order valence-electron chi connectivity index (χ1n) is 8.23. The third-order valence-corrected chi connectivity index (χ3v) is 4.12. The third-order valence-electron chi connectivity index (χ3n) is 4.12. The number of nitro groups is 1. The molecule has 0 bridgehead atoms. The van der Waals surface area contributed by atoms with Crippen LogP contribution >= 0.6 is 0 Å². The van der Waals surface area contributed by atoms with Gasteiger partial charge in [0, 0.05) is 17.3 Å². The van der Waals surface area contributed by atoms with E-state index in [1.54, 1.807) is 45.0 Å². The number of benzene rings is 2. The molecule has 0 saturated heterocycles. The molecule has 0 aliphatic carbocycles. The Balaban J connectivity index is 2.21. The predicted molar refractivity (Wildman–Crippen MR) is 99.3 cm³/mol. The van der Waals surface area contributed by atoms with Crippen molar-refractivity contribution >= 4 is 23.3 Å². The second-order valence-electron chi connectivity index (χ2n) is 6.33. The summed E-state index contributed by atoms with van der Waals surface area (Å²) in [6.45, 7) is 5.15. The molecule has 0 unspecified atom stereocenters. The number of anilines is 1. The summed E-state index contributed by atoms with van der Waals surface area (Å²) >= 11 is 0. The Hall–Kier alpha value is -3.42. The lowest BCUT2D eigenvalue weighted by atomic mass is 9.85.